The van der Waals surface area contributed by atoms with Gasteiger partial charge in [0.2, 0.25) is 0 Å². The van der Waals surface area contributed by atoms with Gasteiger partial charge in [-0.1, -0.05) is 6.92 Å². The van der Waals surface area contributed by atoms with E-state index in [0.29, 0.717) is 40.0 Å². The number of nitrogens with one attached hydrogen (secondary N) is 1. The molecule has 0 amide bonds. The highest BCUT2D eigenvalue weighted by Crippen LogP contribution is 2.30. The highest BCUT2D eigenvalue weighted by Gasteiger charge is 2.10. The number of hydrogen-bond acceptors (Lipinski definition) is 6. The van der Waals surface area contributed by atoms with Crippen molar-refractivity contribution < 1.29 is 13.3 Å². The van der Waals surface area contributed by atoms with Crippen molar-refractivity contribution in [3.8, 4) is 17.0 Å². The number of rotatable bonds is 6. The van der Waals surface area contributed by atoms with Crippen LogP contribution in [0.1, 0.15) is 12.5 Å². The fraction of sp³-hybridized carbons (Fsp3) is 0.158. The summed E-state index contributed by atoms with van der Waals surface area (Å²) >= 11 is 0. The van der Waals surface area contributed by atoms with Gasteiger partial charge in [-0.05, 0) is 29.8 Å². The third-order valence-electron chi connectivity index (χ3n) is 3.93. The summed E-state index contributed by atoms with van der Waals surface area (Å²) in [6, 6.07) is 9.38. The Morgan fingerprint density at radius 2 is 1.96 bits per heavy atom. The molecule has 1 aromatic carbocycles. The lowest BCUT2D eigenvalue weighted by Crippen LogP contribution is -2.18. The Morgan fingerprint density at radius 3 is 2.71 bits per heavy atom. The van der Waals surface area contributed by atoms with Crippen molar-refractivity contribution >= 4 is 26.7 Å². The van der Waals surface area contributed by atoms with Crippen molar-refractivity contribution in [2.75, 3.05) is 18.2 Å². The summed E-state index contributed by atoms with van der Waals surface area (Å²) in [4.78, 5) is 12.7. The number of aromatic nitrogens is 3. The number of halogens is 1. The van der Waals surface area contributed by atoms with E-state index in [1.54, 1.807) is 37.4 Å². The van der Waals surface area contributed by atoms with Crippen LogP contribution < -0.4 is 15.2 Å². The molecule has 3 rings (SSSR count). The third-order valence-corrected chi connectivity index (χ3v) is 5.51. The first-order valence-corrected chi connectivity index (χ1v) is 10.3. The van der Waals surface area contributed by atoms with E-state index in [2.05, 4.69) is 20.3 Å². The van der Waals surface area contributed by atoms with E-state index in [0.717, 1.165) is 0 Å². The maximum atomic E-state index is 13.4. The molecular weight excluding hydrogens is 381 g/mol. The molecule has 0 bridgehead atoms. The summed E-state index contributed by atoms with van der Waals surface area (Å²) < 4.78 is 30.8. The van der Waals surface area contributed by atoms with Gasteiger partial charge in [0.15, 0.2) is 0 Å². The number of nitrogens with zero attached hydrogens (tertiary/aromatic N) is 3. The van der Waals surface area contributed by atoms with E-state index in [1.807, 2.05) is 0 Å². The first kappa shape index (κ1) is 19.7. The molecule has 2 heterocycles. The zero-order valence-corrected chi connectivity index (χ0v) is 16.2. The van der Waals surface area contributed by atoms with Crippen molar-refractivity contribution in [3.05, 3.63) is 60.3 Å². The quantitative estimate of drug-likeness (QED) is 0.616. The minimum Gasteiger partial charge on any atom is -0.496 e. The zero-order chi connectivity index (χ0) is 20.1. The van der Waals surface area contributed by atoms with Gasteiger partial charge in [0.1, 0.15) is 29.5 Å². The average Bonchev–Trinajstić information content (AvgIpc) is 2.68. The summed E-state index contributed by atoms with van der Waals surface area (Å²) in [5.74, 6) is 1.33. The topological polar surface area (TPSA) is 103 Å². The van der Waals surface area contributed by atoms with Gasteiger partial charge in [-0.25, -0.2) is 19.3 Å². The Morgan fingerprint density at radius 1 is 1.18 bits per heavy atom. The van der Waals surface area contributed by atoms with Gasteiger partial charge in [-0.15, -0.1) is 0 Å². The fourth-order valence-corrected chi connectivity index (χ4v) is 3.26. The number of methoxy groups -OCH3 is 1. The maximum absolute atomic E-state index is 13.4. The number of benzene rings is 1. The zero-order valence-electron chi connectivity index (χ0n) is 15.4. The SMILES string of the molecule is CCS(N)(=O)=Cc1ccnc(Nc2cc(-c3ccc(F)cc3OC)ncn2)c1. The summed E-state index contributed by atoms with van der Waals surface area (Å²) in [6.07, 6.45) is 2.98. The molecule has 1 atom stereocenters. The van der Waals surface area contributed by atoms with Crippen molar-refractivity contribution in [2.45, 2.75) is 6.92 Å². The molecule has 9 heteroatoms. The molecule has 3 N–H and O–H groups in total. The summed E-state index contributed by atoms with van der Waals surface area (Å²) in [7, 11) is -1.05. The Kier molecular flexibility index (Phi) is 5.86. The van der Waals surface area contributed by atoms with E-state index in [9.17, 15) is 8.60 Å². The molecule has 1 unspecified atom stereocenters. The molecule has 0 aliphatic carbocycles. The van der Waals surface area contributed by atoms with Crippen LogP contribution in [0, 0.1) is 5.82 Å². The largest absolute Gasteiger partial charge is 0.496 e. The van der Waals surface area contributed by atoms with E-state index >= 15 is 0 Å². The molecule has 146 valence electrons. The summed E-state index contributed by atoms with van der Waals surface area (Å²) in [5.41, 5.74) is 1.89. The second-order valence-corrected chi connectivity index (χ2v) is 8.29. The van der Waals surface area contributed by atoms with Crippen molar-refractivity contribution in [3.63, 3.8) is 0 Å². The van der Waals surface area contributed by atoms with E-state index in [-0.39, 0.29) is 0 Å². The van der Waals surface area contributed by atoms with Gasteiger partial charge >= 0.3 is 0 Å². The first-order chi connectivity index (χ1) is 13.4. The monoisotopic (exact) mass is 401 g/mol. The van der Waals surface area contributed by atoms with E-state index in [1.165, 1.54) is 30.9 Å². The lowest BCUT2D eigenvalue weighted by Gasteiger charge is -2.10. The van der Waals surface area contributed by atoms with Crippen LogP contribution in [0.5, 0.6) is 5.75 Å². The average molecular weight is 401 g/mol. The highest BCUT2D eigenvalue weighted by atomic mass is 32.2. The second-order valence-electron chi connectivity index (χ2n) is 5.92. The van der Waals surface area contributed by atoms with Crippen LogP contribution in [0.25, 0.3) is 11.3 Å². The summed E-state index contributed by atoms with van der Waals surface area (Å²) in [5, 5.41) is 10.4. The molecule has 0 aliphatic rings. The number of anilines is 2. The van der Waals surface area contributed by atoms with Gasteiger partial charge < -0.3 is 10.1 Å². The molecule has 0 spiro atoms. The predicted octanol–water partition coefficient (Wildman–Crippen LogP) is 2.76. The Hall–Kier alpha value is -3.04. The summed E-state index contributed by atoms with van der Waals surface area (Å²) in [6.45, 7) is 1.77. The van der Waals surface area contributed by atoms with Gasteiger partial charge in [0.25, 0.3) is 0 Å². The fourth-order valence-electron chi connectivity index (χ4n) is 2.48. The molecule has 3 aromatic rings. The molecule has 0 radical (unpaired) electrons. The van der Waals surface area contributed by atoms with Gasteiger partial charge in [0, 0.05) is 44.7 Å². The van der Waals surface area contributed by atoms with E-state index in [4.69, 9.17) is 9.88 Å². The van der Waals surface area contributed by atoms with Gasteiger partial charge in [0.05, 0.1) is 12.8 Å². The predicted molar refractivity (Wildman–Crippen MR) is 110 cm³/mol. The van der Waals surface area contributed by atoms with Crippen LogP contribution in [-0.2, 0) is 9.71 Å². The van der Waals surface area contributed by atoms with Crippen LogP contribution in [0.15, 0.2) is 48.9 Å². The number of ether oxygens (including phenoxy) is 1. The molecule has 0 fully saturated rings. The Labute approximate surface area is 163 Å². The van der Waals surface area contributed by atoms with Gasteiger partial charge in [-0.3, -0.25) is 9.35 Å². The molecule has 2 aromatic heterocycles. The van der Waals surface area contributed by atoms with E-state index < -0.39 is 15.5 Å². The van der Waals surface area contributed by atoms with Crippen molar-refractivity contribution in [2.24, 2.45) is 5.14 Å². The normalized spacial score (nSPS) is 12.9. The smallest absolute Gasteiger partial charge is 0.135 e. The third kappa shape index (κ3) is 4.81. The Balaban J connectivity index is 1.91. The standard InChI is InChI=1S/C19H20FN5O2S/c1-3-28(21,26)11-13-6-7-22-18(8-13)25-19-10-16(23-12-24-19)15-5-4-14(20)9-17(15)27-2/h4-12H,3H2,1-2H3,(H2,21,26)(H,22,23,24,25). The van der Waals surface area contributed by atoms with Gasteiger partial charge in [-0.2, -0.15) is 0 Å². The minimum atomic E-state index is -2.52. The van der Waals surface area contributed by atoms with Crippen molar-refractivity contribution in [1.82, 2.24) is 15.0 Å². The first-order valence-electron chi connectivity index (χ1n) is 8.43. The molecule has 0 saturated carbocycles. The highest BCUT2D eigenvalue weighted by molar-refractivity contribution is 7.99. The van der Waals surface area contributed by atoms with Crippen LogP contribution >= 0.6 is 0 Å². The Bertz CT molecular complexity index is 1110. The van der Waals surface area contributed by atoms with Crippen LogP contribution in [0.3, 0.4) is 0 Å². The minimum absolute atomic E-state index is 0.354. The van der Waals surface area contributed by atoms with Crippen LogP contribution in [-0.4, -0.2) is 37.4 Å². The van der Waals surface area contributed by atoms with Crippen molar-refractivity contribution in [1.29, 1.82) is 0 Å². The lowest BCUT2D eigenvalue weighted by atomic mass is 10.1. The molecule has 7 nitrogen and oxygen atoms in total. The number of hydrogen-bond donors (Lipinski definition) is 2. The van der Waals surface area contributed by atoms with Crippen LogP contribution in [0.4, 0.5) is 16.0 Å². The maximum Gasteiger partial charge on any atom is 0.135 e. The molecule has 0 saturated heterocycles. The lowest BCUT2D eigenvalue weighted by molar-refractivity contribution is 0.413. The van der Waals surface area contributed by atoms with Crippen LogP contribution in [0.2, 0.25) is 0 Å². The number of nitrogens with two attached hydrogens (primary N) is 1. The molecule has 28 heavy (non-hydrogen) atoms. The second kappa shape index (κ2) is 8.32. The molecule has 0 aliphatic heterocycles. The molecular formula is C19H20FN5O2S. The number of pyridine rings is 1.